The monoisotopic (exact) mass is 311 g/mol. The van der Waals surface area contributed by atoms with Crippen molar-refractivity contribution in [2.75, 3.05) is 17.3 Å². The van der Waals surface area contributed by atoms with E-state index in [1.807, 2.05) is 37.4 Å². The molecule has 0 radical (unpaired) electrons. The van der Waals surface area contributed by atoms with Gasteiger partial charge in [0, 0.05) is 4.90 Å². The van der Waals surface area contributed by atoms with Crippen molar-refractivity contribution in [1.29, 1.82) is 0 Å². The van der Waals surface area contributed by atoms with E-state index in [0.717, 1.165) is 19.9 Å². The summed E-state index contributed by atoms with van der Waals surface area (Å²) >= 11 is 4.52. The predicted molar refractivity (Wildman–Crippen MR) is 82.2 cm³/mol. The van der Waals surface area contributed by atoms with Crippen molar-refractivity contribution in [2.45, 2.75) is 16.2 Å². The summed E-state index contributed by atoms with van der Waals surface area (Å²) in [6.45, 7) is 1.90. The number of amides is 1. The number of nitrogens with one attached hydrogen (secondary N) is 1. The molecule has 1 amide bonds. The minimum Gasteiger partial charge on any atom is -0.324 e. The average Bonchev–Trinajstić information content (AvgIpc) is 2.83. The van der Waals surface area contributed by atoms with Gasteiger partial charge >= 0.3 is 0 Å². The van der Waals surface area contributed by atoms with Crippen LogP contribution in [0.3, 0.4) is 0 Å². The van der Waals surface area contributed by atoms with E-state index in [1.165, 1.54) is 23.1 Å². The topological polar surface area (TPSA) is 54.9 Å². The van der Waals surface area contributed by atoms with E-state index in [9.17, 15) is 4.79 Å². The number of hydrogen-bond acceptors (Lipinski definition) is 6. The molecule has 0 aliphatic rings. The SMILES string of the molecule is CSc1ccccc1NC(=O)CSc1nnc(C)s1. The second kappa shape index (κ2) is 6.93. The number of benzene rings is 1. The molecule has 0 bridgehead atoms. The van der Waals surface area contributed by atoms with Crippen molar-refractivity contribution in [1.82, 2.24) is 10.2 Å². The van der Waals surface area contributed by atoms with Gasteiger partial charge in [0.1, 0.15) is 5.01 Å². The fourth-order valence-electron chi connectivity index (χ4n) is 1.40. The first-order chi connectivity index (χ1) is 9.19. The van der Waals surface area contributed by atoms with Gasteiger partial charge in [-0.3, -0.25) is 4.79 Å². The number of aromatic nitrogens is 2. The molecule has 2 rings (SSSR count). The molecule has 1 N–H and O–H groups in total. The van der Waals surface area contributed by atoms with E-state index >= 15 is 0 Å². The molecule has 4 nitrogen and oxygen atoms in total. The Morgan fingerprint density at radius 2 is 2.16 bits per heavy atom. The highest BCUT2D eigenvalue weighted by Gasteiger charge is 2.08. The Bertz CT molecular complexity index is 571. The molecular formula is C12H13N3OS3. The van der Waals surface area contributed by atoms with E-state index in [1.54, 1.807) is 11.8 Å². The predicted octanol–water partition coefficient (Wildman–Crippen LogP) is 3.30. The maximum atomic E-state index is 11.9. The van der Waals surface area contributed by atoms with Gasteiger partial charge in [-0.15, -0.1) is 22.0 Å². The molecule has 2 aromatic rings. The van der Waals surface area contributed by atoms with Crippen LogP contribution in [0.15, 0.2) is 33.5 Å². The van der Waals surface area contributed by atoms with Gasteiger partial charge in [-0.05, 0) is 25.3 Å². The zero-order valence-electron chi connectivity index (χ0n) is 10.5. The number of para-hydroxylation sites is 1. The number of rotatable bonds is 5. The van der Waals surface area contributed by atoms with Crippen LogP contribution in [0, 0.1) is 6.92 Å². The van der Waals surface area contributed by atoms with E-state index in [2.05, 4.69) is 15.5 Å². The van der Waals surface area contributed by atoms with E-state index < -0.39 is 0 Å². The van der Waals surface area contributed by atoms with Crippen molar-refractivity contribution in [3.8, 4) is 0 Å². The summed E-state index contributed by atoms with van der Waals surface area (Å²) in [5.41, 5.74) is 0.856. The molecule has 0 saturated carbocycles. The Labute approximate surface area is 124 Å². The van der Waals surface area contributed by atoms with Crippen LogP contribution in [0.4, 0.5) is 5.69 Å². The quantitative estimate of drug-likeness (QED) is 0.859. The van der Waals surface area contributed by atoms with Crippen molar-refractivity contribution < 1.29 is 4.79 Å². The van der Waals surface area contributed by atoms with Gasteiger partial charge < -0.3 is 5.32 Å². The molecule has 1 aromatic carbocycles. The van der Waals surface area contributed by atoms with Crippen LogP contribution in [-0.2, 0) is 4.79 Å². The Morgan fingerprint density at radius 3 is 2.84 bits per heavy atom. The first-order valence-corrected chi connectivity index (χ1v) is 8.57. The minimum atomic E-state index is -0.0284. The summed E-state index contributed by atoms with van der Waals surface area (Å²) in [6, 6.07) is 7.77. The Hall–Kier alpha value is -1.05. The normalized spacial score (nSPS) is 10.4. The lowest BCUT2D eigenvalue weighted by molar-refractivity contribution is -0.113. The zero-order valence-corrected chi connectivity index (χ0v) is 13.0. The molecule has 1 aromatic heterocycles. The van der Waals surface area contributed by atoms with E-state index in [4.69, 9.17) is 0 Å². The van der Waals surface area contributed by atoms with E-state index in [-0.39, 0.29) is 5.91 Å². The van der Waals surface area contributed by atoms with Gasteiger partial charge in [0.05, 0.1) is 11.4 Å². The number of aryl methyl sites for hydroxylation is 1. The largest absolute Gasteiger partial charge is 0.324 e. The highest BCUT2D eigenvalue weighted by molar-refractivity contribution is 8.01. The molecule has 100 valence electrons. The van der Waals surface area contributed by atoms with Crippen LogP contribution in [0.1, 0.15) is 5.01 Å². The Morgan fingerprint density at radius 1 is 1.37 bits per heavy atom. The first-order valence-electron chi connectivity index (χ1n) is 5.55. The molecule has 0 saturated heterocycles. The van der Waals surface area contributed by atoms with Crippen molar-refractivity contribution in [3.63, 3.8) is 0 Å². The molecular weight excluding hydrogens is 298 g/mol. The van der Waals surface area contributed by atoms with Crippen molar-refractivity contribution in [3.05, 3.63) is 29.3 Å². The number of hydrogen-bond donors (Lipinski definition) is 1. The molecule has 1 heterocycles. The summed E-state index contributed by atoms with van der Waals surface area (Å²) < 4.78 is 0.825. The summed E-state index contributed by atoms with van der Waals surface area (Å²) in [7, 11) is 0. The number of carbonyl (C=O) groups is 1. The standard InChI is InChI=1S/C12H13N3OS3/c1-8-14-15-12(19-8)18-7-11(16)13-9-5-3-4-6-10(9)17-2/h3-6H,7H2,1-2H3,(H,13,16). The highest BCUT2D eigenvalue weighted by Crippen LogP contribution is 2.26. The average molecular weight is 311 g/mol. The lowest BCUT2D eigenvalue weighted by Gasteiger charge is -2.08. The third-order valence-corrected chi connectivity index (χ3v) is 4.98. The van der Waals surface area contributed by atoms with Gasteiger partial charge in [0.15, 0.2) is 4.34 Å². The van der Waals surface area contributed by atoms with Crippen LogP contribution < -0.4 is 5.32 Å². The van der Waals surface area contributed by atoms with Crippen molar-refractivity contribution in [2.24, 2.45) is 0 Å². The van der Waals surface area contributed by atoms with Crippen LogP contribution in [0.2, 0.25) is 0 Å². The second-order valence-corrected chi connectivity index (χ2v) is 6.88. The zero-order chi connectivity index (χ0) is 13.7. The third kappa shape index (κ3) is 4.22. The van der Waals surface area contributed by atoms with Crippen LogP contribution >= 0.6 is 34.9 Å². The second-order valence-electron chi connectivity index (χ2n) is 3.62. The fourth-order valence-corrected chi connectivity index (χ4v) is 3.57. The maximum absolute atomic E-state index is 11.9. The van der Waals surface area contributed by atoms with Crippen LogP contribution in [0.5, 0.6) is 0 Å². The molecule has 0 aliphatic heterocycles. The number of nitrogens with zero attached hydrogens (tertiary/aromatic N) is 2. The summed E-state index contributed by atoms with van der Waals surface area (Å²) in [5, 5.41) is 11.7. The van der Waals surface area contributed by atoms with Crippen molar-refractivity contribution >= 4 is 46.5 Å². The lowest BCUT2D eigenvalue weighted by Crippen LogP contribution is -2.14. The molecule has 0 unspecified atom stereocenters. The molecule has 0 atom stereocenters. The van der Waals surface area contributed by atoms with Gasteiger partial charge in [-0.25, -0.2) is 0 Å². The molecule has 0 aliphatic carbocycles. The first kappa shape index (κ1) is 14.4. The van der Waals surface area contributed by atoms with Gasteiger partial charge in [-0.1, -0.05) is 35.2 Å². The molecule has 0 spiro atoms. The molecule has 7 heteroatoms. The fraction of sp³-hybridized carbons (Fsp3) is 0.250. The Balaban J connectivity index is 1.90. The maximum Gasteiger partial charge on any atom is 0.234 e. The van der Waals surface area contributed by atoms with Gasteiger partial charge in [0.2, 0.25) is 5.91 Å². The Kier molecular flexibility index (Phi) is 5.24. The summed E-state index contributed by atoms with van der Waals surface area (Å²) in [4.78, 5) is 12.9. The summed E-state index contributed by atoms with van der Waals surface area (Å²) in [6.07, 6.45) is 1.99. The van der Waals surface area contributed by atoms with Crippen LogP contribution in [0.25, 0.3) is 0 Å². The number of carbonyl (C=O) groups excluding carboxylic acids is 1. The van der Waals surface area contributed by atoms with Crippen LogP contribution in [-0.4, -0.2) is 28.1 Å². The van der Waals surface area contributed by atoms with E-state index in [0.29, 0.717) is 5.75 Å². The van der Waals surface area contributed by atoms with Gasteiger partial charge in [0.25, 0.3) is 0 Å². The van der Waals surface area contributed by atoms with Gasteiger partial charge in [-0.2, -0.15) is 0 Å². The minimum absolute atomic E-state index is 0.0284. The molecule has 0 fully saturated rings. The number of anilines is 1. The highest BCUT2D eigenvalue weighted by atomic mass is 32.2. The summed E-state index contributed by atoms with van der Waals surface area (Å²) in [5.74, 6) is 0.316. The molecule has 19 heavy (non-hydrogen) atoms. The number of thioether (sulfide) groups is 2. The lowest BCUT2D eigenvalue weighted by atomic mass is 10.3. The smallest absolute Gasteiger partial charge is 0.234 e. The third-order valence-electron chi connectivity index (χ3n) is 2.22.